The second-order valence-corrected chi connectivity index (χ2v) is 9.24. The monoisotopic (exact) mass is 560 g/mol. The minimum absolute atomic E-state index is 0.231. The molecule has 0 aliphatic heterocycles. The van der Waals surface area contributed by atoms with Gasteiger partial charge >= 0.3 is 17.9 Å². The number of esters is 3. The normalized spacial score (nSPS) is 10.4. The molecule has 8 heteroatoms. The van der Waals surface area contributed by atoms with Gasteiger partial charge in [-0.3, -0.25) is 0 Å². The molecular weight excluding hydrogens is 524 g/mol. The molecule has 3 aromatic carbocycles. The van der Waals surface area contributed by atoms with Gasteiger partial charge in [0.2, 0.25) is 0 Å². The SMILES string of the molecule is C=CC(=O)OCCCOc1ccc(C(=O)Oc2ccc(OC(=O)c3ccc(OCCCCCC)cc3)cc2C)cc1. The van der Waals surface area contributed by atoms with Gasteiger partial charge in [-0.05, 0) is 85.6 Å². The van der Waals surface area contributed by atoms with Gasteiger partial charge in [0, 0.05) is 12.5 Å². The van der Waals surface area contributed by atoms with E-state index in [1.54, 1.807) is 73.7 Å². The van der Waals surface area contributed by atoms with E-state index in [1.807, 2.05) is 0 Å². The predicted octanol–water partition coefficient (Wildman–Crippen LogP) is 6.89. The quantitative estimate of drug-likeness (QED) is 0.0809. The lowest BCUT2D eigenvalue weighted by atomic mass is 10.2. The van der Waals surface area contributed by atoms with Gasteiger partial charge in [0.25, 0.3) is 0 Å². The summed E-state index contributed by atoms with van der Waals surface area (Å²) in [4.78, 5) is 36.3. The first-order valence-electron chi connectivity index (χ1n) is 13.7. The molecule has 0 aliphatic carbocycles. The van der Waals surface area contributed by atoms with Crippen molar-refractivity contribution in [3.05, 3.63) is 96.1 Å². The number of hydrogen-bond donors (Lipinski definition) is 0. The topological polar surface area (TPSA) is 97.4 Å². The van der Waals surface area contributed by atoms with Crippen molar-refractivity contribution >= 4 is 17.9 Å². The number of rotatable bonds is 16. The molecule has 0 saturated carbocycles. The molecule has 41 heavy (non-hydrogen) atoms. The van der Waals surface area contributed by atoms with E-state index in [2.05, 4.69) is 13.5 Å². The summed E-state index contributed by atoms with van der Waals surface area (Å²) in [7, 11) is 0. The van der Waals surface area contributed by atoms with E-state index in [0.717, 1.165) is 18.9 Å². The van der Waals surface area contributed by atoms with E-state index in [0.29, 0.717) is 59.3 Å². The Bertz CT molecular complexity index is 1300. The molecule has 0 atom stereocenters. The minimum atomic E-state index is -0.534. The minimum Gasteiger partial charge on any atom is -0.494 e. The van der Waals surface area contributed by atoms with Crippen molar-refractivity contribution in [3.63, 3.8) is 0 Å². The molecule has 0 bridgehead atoms. The van der Waals surface area contributed by atoms with E-state index in [4.69, 9.17) is 23.7 Å². The smallest absolute Gasteiger partial charge is 0.343 e. The fourth-order valence-corrected chi connectivity index (χ4v) is 3.70. The molecule has 8 nitrogen and oxygen atoms in total. The number of aryl methyl sites for hydroxylation is 1. The van der Waals surface area contributed by atoms with Crippen molar-refractivity contribution < 1.29 is 38.1 Å². The highest BCUT2D eigenvalue weighted by molar-refractivity contribution is 5.92. The first-order valence-corrected chi connectivity index (χ1v) is 13.7. The van der Waals surface area contributed by atoms with E-state index < -0.39 is 17.9 Å². The fraction of sp³-hybridized carbons (Fsp3) is 0.303. The highest BCUT2D eigenvalue weighted by Gasteiger charge is 2.14. The van der Waals surface area contributed by atoms with Gasteiger partial charge in [0.1, 0.15) is 23.0 Å². The van der Waals surface area contributed by atoms with Crippen molar-refractivity contribution in [1.82, 2.24) is 0 Å². The number of hydrogen-bond acceptors (Lipinski definition) is 8. The van der Waals surface area contributed by atoms with Crippen LogP contribution < -0.4 is 18.9 Å². The second-order valence-electron chi connectivity index (χ2n) is 9.24. The maximum absolute atomic E-state index is 12.6. The summed E-state index contributed by atoms with van der Waals surface area (Å²) in [6.45, 7) is 8.49. The van der Waals surface area contributed by atoms with E-state index in [9.17, 15) is 14.4 Å². The Hall–Kier alpha value is -4.59. The molecule has 0 N–H and O–H groups in total. The third-order valence-electron chi connectivity index (χ3n) is 5.97. The van der Waals surface area contributed by atoms with Crippen LogP contribution in [0, 0.1) is 6.92 Å². The number of carbonyl (C=O) groups excluding carboxylic acids is 3. The van der Waals surface area contributed by atoms with Crippen LogP contribution in [0.1, 0.15) is 65.3 Å². The Morgan fingerprint density at radius 2 is 1.24 bits per heavy atom. The third kappa shape index (κ3) is 10.5. The van der Waals surface area contributed by atoms with Crippen LogP contribution in [0.25, 0.3) is 0 Å². The van der Waals surface area contributed by atoms with Gasteiger partial charge in [0.15, 0.2) is 0 Å². The number of benzene rings is 3. The van der Waals surface area contributed by atoms with Gasteiger partial charge in [-0.1, -0.05) is 32.8 Å². The zero-order valence-corrected chi connectivity index (χ0v) is 23.6. The lowest BCUT2D eigenvalue weighted by molar-refractivity contribution is -0.137. The van der Waals surface area contributed by atoms with Gasteiger partial charge in [-0.25, -0.2) is 14.4 Å². The molecule has 0 fully saturated rings. The first kappa shape index (κ1) is 30.9. The molecule has 216 valence electrons. The summed E-state index contributed by atoms with van der Waals surface area (Å²) < 4.78 is 27.2. The standard InChI is InChI=1S/C33H36O8/c1-4-6-7-8-20-37-27-14-10-25(11-15-27)32(35)40-29-18-19-30(24(3)23-29)41-33(36)26-12-16-28(17-13-26)38-21-9-22-39-31(34)5-2/h5,10-19,23H,2,4,6-9,20-22H2,1,3H3. The van der Waals surface area contributed by atoms with Gasteiger partial charge < -0.3 is 23.7 Å². The van der Waals surface area contributed by atoms with Crippen molar-refractivity contribution in [2.24, 2.45) is 0 Å². The molecule has 0 unspecified atom stereocenters. The molecular formula is C33H36O8. The predicted molar refractivity (Wildman–Crippen MR) is 155 cm³/mol. The Kier molecular flexibility index (Phi) is 12.5. The molecule has 0 heterocycles. The Balaban J connectivity index is 1.46. The van der Waals surface area contributed by atoms with Crippen LogP contribution >= 0.6 is 0 Å². The van der Waals surface area contributed by atoms with Gasteiger partial charge in [0.05, 0.1) is 30.9 Å². The van der Waals surface area contributed by atoms with E-state index in [1.165, 1.54) is 12.8 Å². The molecule has 3 rings (SSSR count). The molecule has 0 aliphatic rings. The van der Waals surface area contributed by atoms with Crippen LogP contribution in [0.2, 0.25) is 0 Å². The summed E-state index contributed by atoms with van der Waals surface area (Å²) in [6, 6.07) is 18.2. The van der Waals surface area contributed by atoms with Crippen LogP contribution in [0.3, 0.4) is 0 Å². The van der Waals surface area contributed by atoms with E-state index >= 15 is 0 Å². The molecule has 3 aromatic rings. The summed E-state index contributed by atoms with van der Waals surface area (Å²) in [5, 5.41) is 0. The fourth-order valence-electron chi connectivity index (χ4n) is 3.70. The average Bonchev–Trinajstić information content (AvgIpc) is 2.98. The highest BCUT2D eigenvalue weighted by Crippen LogP contribution is 2.26. The third-order valence-corrected chi connectivity index (χ3v) is 5.97. The van der Waals surface area contributed by atoms with Crippen LogP contribution in [-0.2, 0) is 9.53 Å². The average molecular weight is 561 g/mol. The van der Waals surface area contributed by atoms with Crippen LogP contribution in [-0.4, -0.2) is 37.7 Å². The Morgan fingerprint density at radius 3 is 1.80 bits per heavy atom. The summed E-state index contributed by atoms with van der Waals surface area (Å²) in [5.41, 5.74) is 1.38. The van der Waals surface area contributed by atoms with Crippen molar-refractivity contribution in [2.75, 3.05) is 19.8 Å². The molecule has 0 spiro atoms. The maximum Gasteiger partial charge on any atom is 0.343 e. The zero-order chi connectivity index (χ0) is 29.5. The Labute approximate surface area is 240 Å². The molecule has 0 amide bonds. The largest absolute Gasteiger partial charge is 0.494 e. The lowest BCUT2D eigenvalue weighted by Gasteiger charge is -2.11. The number of carbonyl (C=O) groups is 3. The van der Waals surface area contributed by atoms with Crippen LogP contribution in [0.4, 0.5) is 0 Å². The van der Waals surface area contributed by atoms with Crippen molar-refractivity contribution in [1.29, 1.82) is 0 Å². The van der Waals surface area contributed by atoms with Crippen LogP contribution in [0.5, 0.6) is 23.0 Å². The highest BCUT2D eigenvalue weighted by atomic mass is 16.5. The van der Waals surface area contributed by atoms with Crippen molar-refractivity contribution in [2.45, 2.75) is 46.0 Å². The Morgan fingerprint density at radius 1 is 0.683 bits per heavy atom. The second kappa shape index (κ2) is 16.5. The van der Waals surface area contributed by atoms with Gasteiger partial charge in [-0.2, -0.15) is 0 Å². The summed E-state index contributed by atoms with van der Waals surface area (Å²) >= 11 is 0. The maximum atomic E-state index is 12.6. The number of unbranched alkanes of at least 4 members (excludes halogenated alkanes) is 3. The van der Waals surface area contributed by atoms with Gasteiger partial charge in [-0.15, -0.1) is 0 Å². The molecule has 0 aromatic heterocycles. The first-order chi connectivity index (χ1) is 19.9. The molecule has 0 radical (unpaired) electrons. The molecule has 0 saturated heterocycles. The summed E-state index contributed by atoms with van der Waals surface area (Å²) in [6.07, 6.45) is 6.15. The van der Waals surface area contributed by atoms with Crippen molar-refractivity contribution in [3.8, 4) is 23.0 Å². The summed E-state index contributed by atoms with van der Waals surface area (Å²) in [5.74, 6) is 0.472. The van der Waals surface area contributed by atoms with E-state index in [-0.39, 0.29) is 6.61 Å². The number of ether oxygens (including phenoxy) is 5. The lowest BCUT2D eigenvalue weighted by Crippen LogP contribution is -2.11. The van der Waals surface area contributed by atoms with Crippen LogP contribution in [0.15, 0.2) is 79.4 Å². The zero-order valence-electron chi connectivity index (χ0n) is 23.6.